The SMILES string of the molecule is COc1ccc(CN(C(=O)CN(c2ccc(Br)cc2)S(=O)(=O)c2ccccc2)[C@@H](C)C(=O)NC(C)C)cc1. The lowest BCUT2D eigenvalue weighted by atomic mass is 10.1. The molecule has 0 aliphatic heterocycles. The molecule has 3 aromatic rings. The minimum absolute atomic E-state index is 0.0584. The number of nitrogens with one attached hydrogen (secondary N) is 1. The van der Waals surface area contributed by atoms with Crippen molar-refractivity contribution < 1.29 is 22.7 Å². The van der Waals surface area contributed by atoms with Crippen LogP contribution in [-0.4, -0.2) is 50.9 Å². The molecule has 1 atom stereocenters. The Labute approximate surface area is 232 Å². The summed E-state index contributed by atoms with van der Waals surface area (Å²) < 4.78 is 34.5. The summed E-state index contributed by atoms with van der Waals surface area (Å²) in [5, 5.41) is 2.84. The fourth-order valence-electron chi connectivity index (χ4n) is 3.77. The van der Waals surface area contributed by atoms with Gasteiger partial charge in [-0.15, -0.1) is 0 Å². The molecule has 3 aromatic carbocycles. The minimum Gasteiger partial charge on any atom is -0.497 e. The first-order chi connectivity index (χ1) is 18.0. The van der Waals surface area contributed by atoms with Crippen molar-refractivity contribution in [3.63, 3.8) is 0 Å². The monoisotopic (exact) mass is 601 g/mol. The summed E-state index contributed by atoms with van der Waals surface area (Å²) in [6.45, 7) is 4.92. The zero-order valence-corrected chi connectivity index (χ0v) is 24.2. The number of hydrogen-bond acceptors (Lipinski definition) is 5. The maximum Gasteiger partial charge on any atom is 0.264 e. The third-order valence-electron chi connectivity index (χ3n) is 5.83. The molecule has 1 N–H and O–H groups in total. The molecule has 3 rings (SSSR count). The van der Waals surface area contributed by atoms with Crippen LogP contribution in [0.5, 0.6) is 5.75 Å². The molecule has 202 valence electrons. The molecule has 10 heteroatoms. The van der Waals surface area contributed by atoms with E-state index in [4.69, 9.17) is 4.74 Å². The number of carbonyl (C=O) groups is 2. The highest BCUT2D eigenvalue weighted by atomic mass is 79.9. The largest absolute Gasteiger partial charge is 0.497 e. The lowest BCUT2D eigenvalue weighted by molar-refractivity contribution is -0.139. The molecule has 0 fully saturated rings. The van der Waals surface area contributed by atoms with Gasteiger partial charge in [-0.1, -0.05) is 46.3 Å². The van der Waals surface area contributed by atoms with Gasteiger partial charge in [0.25, 0.3) is 10.0 Å². The number of anilines is 1. The lowest BCUT2D eigenvalue weighted by Gasteiger charge is -2.32. The Bertz CT molecular complexity index is 1330. The summed E-state index contributed by atoms with van der Waals surface area (Å²) >= 11 is 3.37. The van der Waals surface area contributed by atoms with Crippen molar-refractivity contribution in [2.75, 3.05) is 18.0 Å². The van der Waals surface area contributed by atoms with Gasteiger partial charge in [0, 0.05) is 17.1 Å². The second-order valence-corrected chi connectivity index (χ2v) is 11.8. The van der Waals surface area contributed by atoms with Gasteiger partial charge in [0.15, 0.2) is 0 Å². The Hall–Kier alpha value is -3.37. The average molecular weight is 603 g/mol. The van der Waals surface area contributed by atoms with Crippen LogP contribution < -0.4 is 14.4 Å². The normalized spacial score (nSPS) is 12.1. The molecule has 0 radical (unpaired) electrons. The standard InChI is InChI=1S/C28H32BrN3O5S/c1-20(2)30-28(34)21(3)31(18-22-10-16-25(37-4)17-11-22)27(33)19-32(24-14-12-23(29)13-15-24)38(35,36)26-8-6-5-7-9-26/h5-17,20-21H,18-19H2,1-4H3,(H,30,34)/t21-/m0/s1. The topological polar surface area (TPSA) is 96.0 Å². The first kappa shape index (κ1) is 29.2. The summed E-state index contributed by atoms with van der Waals surface area (Å²) in [5.41, 5.74) is 1.10. The van der Waals surface area contributed by atoms with Gasteiger partial charge < -0.3 is 15.0 Å². The van der Waals surface area contributed by atoms with E-state index < -0.39 is 28.5 Å². The second kappa shape index (κ2) is 12.9. The lowest BCUT2D eigenvalue weighted by Crippen LogP contribution is -2.52. The molecule has 0 saturated heterocycles. The molecule has 0 heterocycles. The van der Waals surface area contributed by atoms with Gasteiger partial charge in [-0.05, 0) is 74.9 Å². The quantitative estimate of drug-likeness (QED) is 0.347. The Morgan fingerprint density at radius 2 is 1.53 bits per heavy atom. The van der Waals surface area contributed by atoms with Gasteiger partial charge in [0.05, 0.1) is 17.7 Å². The smallest absolute Gasteiger partial charge is 0.264 e. The molecule has 0 aromatic heterocycles. The summed E-state index contributed by atoms with van der Waals surface area (Å²) in [6.07, 6.45) is 0. The molecule has 0 saturated carbocycles. The van der Waals surface area contributed by atoms with Crippen LogP contribution in [-0.2, 0) is 26.2 Å². The van der Waals surface area contributed by atoms with Gasteiger partial charge in [-0.3, -0.25) is 13.9 Å². The van der Waals surface area contributed by atoms with E-state index in [1.165, 1.54) is 17.0 Å². The molecule has 0 aliphatic carbocycles. The first-order valence-corrected chi connectivity index (χ1v) is 14.3. The summed E-state index contributed by atoms with van der Waals surface area (Å²) in [4.78, 5) is 28.2. The van der Waals surface area contributed by atoms with E-state index in [-0.39, 0.29) is 23.4 Å². The van der Waals surface area contributed by atoms with Gasteiger partial charge >= 0.3 is 0 Å². The number of rotatable bonds is 11. The molecule has 8 nitrogen and oxygen atoms in total. The third-order valence-corrected chi connectivity index (χ3v) is 8.15. The summed E-state index contributed by atoms with van der Waals surface area (Å²) in [5.74, 6) is -0.190. The van der Waals surface area contributed by atoms with Crippen molar-refractivity contribution in [2.24, 2.45) is 0 Å². The summed E-state index contributed by atoms with van der Waals surface area (Å²) in [6, 6.07) is 20.8. The van der Waals surface area contributed by atoms with Crippen molar-refractivity contribution in [1.82, 2.24) is 10.2 Å². The Morgan fingerprint density at radius 1 is 0.921 bits per heavy atom. The molecular formula is C28H32BrN3O5S. The number of sulfonamides is 1. The van der Waals surface area contributed by atoms with Crippen molar-refractivity contribution in [3.8, 4) is 5.75 Å². The van der Waals surface area contributed by atoms with Gasteiger partial charge in [-0.25, -0.2) is 8.42 Å². The molecule has 0 aliphatic rings. The van der Waals surface area contributed by atoms with Crippen molar-refractivity contribution >= 4 is 43.5 Å². The Morgan fingerprint density at radius 3 is 2.08 bits per heavy atom. The van der Waals surface area contributed by atoms with Gasteiger partial charge in [0.1, 0.15) is 18.3 Å². The van der Waals surface area contributed by atoms with E-state index in [0.29, 0.717) is 11.4 Å². The third kappa shape index (κ3) is 7.35. The zero-order valence-electron chi connectivity index (χ0n) is 21.8. The highest BCUT2D eigenvalue weighted by Crippen LogP contribution is 2.26. The minimum atomic E-state index is -4.09. The van der Waals surface area contributed by atoms with Crippen LogP contribution in [0.25, 0.3) is 0 Å². The summed E-state index contributed by atoms with van der Waals surface area (Å²) in [7, 11) is -2.53. The van der Waals surface area contributed by atoms with E-state index in [1.54, 1.807) is 80.8 Å². The predicted octanol–water partition coefficient (Wildman–Crippen LogP) is 4.59. The highest BCUT2D eigenvalue weighted by molar-refractivity contribution is 9.10. The van der Waals surface area contributed by atoms with Crippen LogP contribution in [0.2, 0.25) is 0 Å². The Kier molecular flexibility index (Phi) is 9.93. The molecule has 0 spiro atoms. The van der Waals surface area contributed by atoms with Crippen LogP contribution in [0.1, 0.15) is 26.3 Å². The first-order valence-electron chi connectivity index (χ1n) is 12.1. The molecular weight excluding hydrogens is 570 g/mol. The number of halogens is 1. The highest BCUT2D eigenvalue weighted by Gasteiger charge is 2.32. The number of methoxy groups -OCH3 is 1. The maximum atomic E-state index is 13.8. The Balaban J connectivity index is 2.00. The predicted molar refractivity (Wildman–Crippen MR) is 151 cm³/mol. The molecule has 2 amide bonds. The zero-order chi connectivity index (χ0) is 27.9. The fourth-order valence-corrected chi connectivity index (χ4v) is 5.47. The molecule has 38 heavy (non-hydrogen) atoms. The maximum absolute atomic E-state index is 13.8. The van der Waals surface area contributed by atoms with Crippen LogP contribution in [0, 0.1) is 0 Å². The molecule has 0 bridgehead atoms. The van der Waals surface area contributed by atoms with E-state index in [2.05, 4.69) is 21.2 Å². The van der Waals surface area contributed by atoms with Crippen LogP contribution >= 0.6 is 15.9 Å². The van der Waals surface area contributed by atoms with Crippen molar-refractivity contribution in [2.45, 2.75) is 44.3 Å². The number of benzene rings is 3. The van der Waals surface area contributed by atoms with E-state index in [9.17, 15) is 18.0 Å². The number of hydrogen-bond donors (Lipinski definition) is 1. The van der Waals surface area contributed by atoms with Crippen molar-refractivity contribution in [3.05, 3.63) is 88.9 Å². The van der Waals surface area contributed by atoms with Crippen LogP contribution in [0.4, 0.5) is 5.69 Å². The average Bonchev–Trinajstić information content (AvgIpc) is 2.90. The van der Waals surface area contributed by atoms with Gasteiger partial charge in [0.2, 0.25) is 11.8 Å². The number of amides is 2. The second-order valence-electron chi connectivity index (χ2n) is 9.01. The van der Waals surface area contributed by atoms with Gasteiger partial charge in [-0.2, -0.15) is 0 Å². The van der Waals surface area contributed by atoms with E-state index >= 15 is 0 Å². The van der Waals surface area contributed by atoms with Crippen LogP contribution in [0.3, 0.4) is 0 Å². The van der Waals surface area contributed by atoms with Crippen molar-refractivity contribution in [1.29, 1.82) is 0 Å². The van der Waals surface area contributed by atoms with Crippen LogP contribution in [0.15, 0.2) is 88.2 Å². The fraction of sp³-hybridized carbons (Fsp3) is 0.286. The molecule has 0 unspecified atom stereocenters. The van der Waals surface area contributed by atoms with E-state index in [0.717, 1.165) is 14.3 Å². The number of carbonyl (C=O) groups excluding carboxylic acids is 2. The van der Waals surface area contributed by atoms with E-state index in [1.807, 2.05) is 13.8 Å². The number of nitrogens with zero attached hydrogens (tertiary/aromatic N) is 2. The number of ether oxygens (including phenoxy) is 1.